The van der Waals surface area contributed by atoms with E-state index in [-0.39, 0.29) is 16.9 Å². The summed E-state index contributed by atoms with van der Waals surface area (Å²) >= 11 is 4.37. The van der Waals surface area contributed by atoms with Crippen LogP contribution >= 0.6 is 27.7 Å². The van der Waals surface area contributed by atoms with E-state index < -0.39 is 15.9 Å². The topological polar surface area (TPSA) is 99.2 Å². The summed E-state index contributed by atoms with van der Waals surface area (Å²) in [5.74, 6) is -0.0385. The van der Waals surface area contributed by atoms with Crippen molar-refractivity contribution in [2.45, 2.75) is 35.7 Å². The summed E-state index contributed by atoms with van der Waals surface area (Å²) in [7, 11) is 0. The van der Waals surface area contributed by atoms with Crippen molar-refractivity contribution in [1.29, 1.82) is 0 Å². The Morgan fingerprint density at radius 2 is 1.93 bits per heavy atom. The Balaban J connectivity index is 1.84. The fraction of sp³-hybridized carbons (Fsp3) is 0.263. The number of furan rings is 1. The van der Waals surface area contributed by atoms with Gasteiger partial charge in [0.2, 0.25) is 11.1 Å². The van der Waals surface area contributed by atoms with Gasteiger partial charge in [0.15, 0.2) is 5.82 Å². The monoisotopic (exact) mass is 478 g/mol. The molecule has 1 unspecified atom stereocenters. The van der Waals surface area contributed by atoms with E-state index in [0.29, 0.717) is 11.3 Å². The molecular formula is C19H19BrN4O4S. The van der Waals surface area contributed by atoms with Crippen LogP contribution in [-0.4, -0.2) is 36.5 Å². The molecule has 0 radical (unpaired) electrons. The maximum absolute atomic E-state index is 12.8. The number of nitrogens with one attached hydrogen (secondary N) is 1. The van der Waals surface area contributed by atoms with E-state index in [0.717, 1.165) is 11.8 Å². The van der Waals surface area contributed by atoms with Crippen LogP contribution in [0.25, 0.3) is 11.4 Å². The van der Waals surface area contributed by atoms with Crippen LogP contribution in [0.2, 0.25) is 0 Å². The van der Waals surface area contributed by atoms with Gasteiger partial charge in [0.25, 0.3) is 0 Å². The van der Waals surface area contributed by atoms with Gasteiger partial charge in [-0.25, -0.2) is 9.36 Å². The summed E-state index contributed by atoms with van der Waals surface area (Å²) in [5.41, 5.74) is 0.514. The predicted octanol–water partition coefficient (Wildman–Crippen LogP) is 4.77. The molecule has 152 valence electrons. The second-order valence-electron chi connectivity index (χ2n) is 6.92. The van der Waals surface area contributed by atoms with E-state index in [9.17, 15) is 9.59 Å². The second-order valence-corrected chi connectivity index (χ2v) is 9.52. The minimum Gasteiger partial charge on any atom is -0.472 e. The number of anilines is 1. The van der Waals surface area contributed by atoms with E-state index in [4.69, 9.17) is 9.15 Å². The molecule has 3 rings (SSSR count). The lowest BCUT2D eigenvalue weighted by Crippen LogP contribution is -2.28. The number of benzene rings is 1. The van der Waals surface area contributed by atoms with Crippen LogP contribution in [0.5, 0.6) is 0 Å². The molecule has 0 saturated heterocycles. The standard InChI is InChI=1S/C19H19BrN4O4S/c1-19(2,3)28-18(26)24-15(12-9-10-27-11-12)22-23-17(24)29-14(20)16(25)21-13-7-5-4-6-8-13/h4-11,14H,1-3H3,(H,21,25). The minimum atomic E-state index is -0.717. The highest BCUT2D eigenvalue weighted by molar-refractivity contribution is 9.11. The highest BCUT2D eigenvalue weighted by Gasteiger charge is 2.28. The number of rotatable bonds is 5. The number of carbonyl (C=O) groups is 2. The first-order valence-corrected chi connectivity index (χ1v) is 10.4. The van der Waals surface area contributed by atoms with Crippen LogP contribution in [0.1, 0.15) is 20.8 Å². The Labute approximate surface area is 180 Å². The van der Waals surface area contributed by atoms with Gasteiger partial charge in [-0.05, 0) is 39.0 Å². The molecule has 0 fully saturated rings. The quantitative estimate of drug-likeness (QED) is 0.416. The fourth-order valence-electron chi connectivity index (χ4n) is 2.26. The summed E-state index contributed by atoms with van der Waals surface area (Å²) in [4.78, 5) is 25.3. The molecule has 10 heteroatoms. The van der Waals surface area contributed by atoms with Gasteiger partial charge in [0, 0.05) is 5.69 Å². The SMILES string of the molecule is CC(C)(C)OC(=O)n1c(SC(Br)C(=O)Nc2ccccc2)nnc1-c1ccoc1. The number of amides is 1. The van der Waals surface area contributed by atoms with Crippen molar-refractivity contribution in [3.63, 3.8) is 0 Å². The smallest absolute Gasteiger partial charge is 0.422 e. The average Bonchev–Trinajstić information content (AvgIpc) is 3.30. The van der Waals surface area contributed by atoms with Gasteiger partial charge in [0.05, 0.1) is 11.8 Å². The minimum absolute atomic E-state index is 0.209. The Morgan fingerprint density at radius 3 is 2.55 bits per heavy atom. The Bertz CT molecular complexity index is 984. The molecule has 29 heavy (non-hydrogen) atoms. The molecule has 8 nitrogen and oxygen atoms in total. The Kier molecular flexibility index (Phi) is 6.43. The molecule has 1 N–H and O–H groups in total. The van der Waals surface area contributed by atoms with E-state index in [1.807, 2.05) is 18.2 Å². The number of halogens is 1. The zero-order valence-electron chi connectivity index (χ0n) is 16.0. The van der Waals surface area contributed by atoms with Crippen molar-refractivity contribution in [1.82, 2.24) is 14.8 Å². The number of para-hydroxylation sites is 1. The van der Waals surface area contributed by atoms with E-state index in [1.54, 1.807) is 39.0 Å². The zero-order chi connectivity index (χ0) is 21.0. The highest BCUT2D eigenvalue weighted by atomic mass is 79.9. The van der Waals surface area contributed by atoms with Gasteiger partial charge in [-0.3, -0.25) is 4.79 Å². The summed E-state index contributed by atoms with van der Waals surface area (Å²) in [6.07, 6.45) is 2.27. The van der Waals surface area contributed by atoms with Gasteiger partial charge in [-0.1, -0.05) is 45.9 Å². The van der Waals surface area contributed by atoms with Gasteiger partial charge in [-0.15, -0.1) is 10.2 Å². The maximum atomic E-state index is 12.8. The molecule has 1 amide bonds. The lowest BCUT2D eigenvalue weighted by molar-refractivity contribution is -0.114. The lowest BCUT2D eigenvalue weighted by atomic mass is 10.2. The molecule has 0 aliphatic heterocycles. The Morgan fingerprint density at radius 1 is 1.21 bits per heavy atom. The molecule has 0 aliphatic rings. The van der Waals surface area contributed by atoms with Gasteiger partial charge in [-0.2, -0.15) is 0 Å². The summed E-state index contributed by atoms with van der Waals surface area (Å²) < 4.78 is 11.1. The van der Waals surface area contributed by atoms with E-state index in [1.165, 1.54) is 17.1 Å². The van der Waals surface area contributed by atoms with Crippen molar-refractivity contribution >= 4 is 45.4 Å². The number of nitrogens with zero attached hydrogens (tertiary/aromatic N) is 3. The molecule has 0 aliphatic carbocycles. The molecule has 0 saturated carbocycles. The summed E-state index contributed by atoms with van der Waals surface area (Å²) in [6, 6.07) is 10.7. The predicted molar refractivity (Wildman–Crippen MR) is 113 cm³/mol. The van der Waals surface area contributed by atoms with Crippen LogP contribution in [0.15, 0.2) is 58.5 Å². The van der Waals surface area contributed by atoms with Crippen LogP contribution in [0.3, 0.4) is 0 Å². The molecule has 1 aromatic carbocycles. The number of ether oxygens (including phenoxy) is 1. The number of carbonyl (C=O) groups excluding carboxylic acids is 2. The molecule has 0 spiro atoms. The number of thioether (sulfide) groups is 1. The largest absolute Gasteiger partial charge is 0.472 e. The maximum Gasteiger partial charge on any atom is 0.422 e. The van der Waals surface area contributed by atoms with Crippen molar-refractivity contribution in [3.8, 4) is 11.4 Å². The number of hydrogen-bond acceptors (Lipinski definition) is 7. The molecule has 2 aromatic heterocycles. The first-order chi connectivity index (χ1) is 13.7. The van der Waals surface area contributed by atoms with Crippen molar-refractivity contribution in [2.24, 2.45) is 0 Å². The molecule has 1 atom stereocenters. The molecule has 2 heterocycles. The number of hydrogen-bond donors (Lipinski definition) is 1. The van der Waals surface area contributed by atoms with Crippen molar-refractivity contribution in [3.05, 3.63) is 48.9 Å². The number of aromatic nitrogens is 3. The second kappa shape index (κ2) is 8.83. The third-order valence-electron chi connectivity index (χ3n) is 3.45. The van der Waals surface area contributed by atoms with Crippen molar-refractivity contribution < 1.29 is 18.7 Å². The third kappa shape index (κ3) is 5.48. The van der Waals surface area contributed by atoms with E-state index >= 15 is 0 Å². The normalized spacial score (nSPS) is 12.4. The van der Waals surface area contributed by atoms with Crippen LogP contribution < -0.4 is 5.32 Å². The average molecular weight is 479 g/mol. The van der Waals surface area contributed by atoms with Crippen LogP contribution in [0, 0.1) is 0 Å². The lowest BCUT2D eigenvalue weighted by Gasteiger charge is -2.20. The fourth-order valence-corrected chi connectivity index (χ4v) is 3.59. The van der Waals surface area contributed by atoms with Gasteiger partial charge >= 0.3 is 6.09 Å². The zero-order valence-corrected chi connectivity index (χ0v) is 18.4. The molecule has 3 aromatic rings. The summed E-state index contributed by atoms with van der Waals surface area (Å²) in [5, 5.41) is 11.2. The molecule has 0 bridgehead atoms. The Hall–Kier alpha value is -2.59. The first kappa shape index (κ1) is 21.1. The molecular weight excluding hydrogens is 460 g/mol. The highest BCUT2D eigenvalue weighted by Crippen LogP contribution is 2.31. The van der Waals surface area contributed by atoms with Gasteiger partial charge in [0.1, 0.15) is 16.0 Å². The first-order valence-electron chi connectivity index (χ1n) is 8.62. The number of alkyl halides is 1. The summed E-state index contributed by atoms with van der Waals surface area (Å²) in [6.45, 7) is 5.29. The van der Waals surface area contributed by atoms with Gasteiger partial charge < -0.3 is 14.5 Å². The van der Waals surface area contributed by atoms with Crippen LogP contribution in [-0.2, 0) is 9.53 Å². The van der Waals surface area contributed by atoms with E-state index in [2.05, 4.69) is 31.4 Å². The van der Waals surface area contributed by atoms with Crippen LogP contribution in [0.4, 0.5) is 10.5 Å². The third-order valence-corrected chi connectivity index (χ3v) is 5.32. The van der Waals surface area contributed by atoms with Crippen molar-refractivity contribution in [2.75, 3.05) is 5.32 Å².